The van der Waals surface area contributed by atoms with Gasteiger partial charge in [-0.25, -0.2) is 19.2 Å². The standard InChI is InChI=1S/C22H40N2O7/c1-13(2)11-15(23-19(27)30-21(5,6)7)17(25)29-18(26)16(12-14(3)4)24-20(28)31-22(8,9)10/h13-16H,11-12H2,1-10H3,(H,23,27)(H,24,28). The fourth-order valence-electron chi connectivity index (χ4n) is 2.51. The first kappa shape index (κ1) is 28.7. The molecule has 0 aliphatic carbocycles. The highest BCUT2D eigenvalue weighted by Crippen LogP contribution is 2.13. The molecule has 2 amide bonds. The summed E-state index contributed by atoms with van der Waals surface area (Å²) in [6.45, 7) is 17.7. The molecule has 0 saturated heterocycles. The van der Waals surface area contributed by atoms with Gasteiger partial charge in [-0.1, -0.05) is 27.7 Å². The lowest BCUT2D eigenvalue weighted by atomic mass is 10.0. The van der Waals surface area contributed by atoms with Crippen LogP contribution in [0.15, 0.2) is 0 Å². The highest BCUT2D eigenvalue weighted by Gasteiger charge is 2.32. The molecular weight excluding hydrogens is 404 g/mol. The second-order valence-corrected chi connectivity index (χ2v) is 10.4. The summed E-state index contributed by atoms with van der Waals surface area (Å²) in [6, 6.07) is -2.14. The van der Waals surface area contributed by atoms with Gasteiger partial charge in [-0.3, -0.25) is 0 Å². The minimum atomic E-state index is -1.07. The van der Waals surface area contributed by atoms with Crippen LogP contribution in [0.2, 0.25) is 0 Å². The third-order valence-corrected chi connectivity index (χ3v) is 3.57. The number of carbonyl (C=O) groups is 4. The molecule has 0 aromatic rings. The maximum absolute atomic E-state index is 12.6. The number of amides is 2. The van der Waals surface area contributed by atoms with Gasteiger partial charge >= 0.3 is 24.1 Å². The van der Waals surface area contributed by atoms with E-state index in [1.54, 1.807) is 41.5 Å². The normalized spacial score (nSPS) is 13.9. The van der Waals surface area contributed by atoms with E-state index in [0.29, 0.717) is 0 Å². The molecule has 0 aromatic heterocycles. The Hall–Kier alpha value is -2.32. The van der Waals surface area contributed by atoms with E-state index in [4.69, 9.17) is 14.2 Å². The Morgan fingerprint density at radius 2 is 0.935 bits per heavy atom. The van der Waals surface area contributed by atoms with E-state index >= 15 is 0 Å². The van der Waals surface area contributed by atoms with Crippen LogP contribution in [0.4, 0.5) is 9.59 Å². The van der Waals surface area contributed by atoms with Gasteiger partial charge in [-0.2, -0.15) is 0 Å². The number of rotatable bonds is 8. The molecule has 0 spiro atoms. The smallest absolute Gasteiger partial charge is 0.408 e. The number of ether oxygens (including phenoxy) is 3. The average molecular weight is 445 g/mol. The number of esters is 2. The van der Waals surface area contributed by atoms with Gasteiger partial charge in [-0.05, 0) is 66.2 Å². The molecule has 0 bridgehead atoms. The molecular formula is C22H40N2O7. The van der Waals surface area contributed by atoms with E-state index in [1.807, 2.05) is 27.7 Å². The molecule has 2 unspecified atom stereocenters. The van der Waals surface area contributed by atoms with E-state index in [-0.39, 0.29) is 24.7 Å². The van der Waals surface area contributed by atoms with Crippen molar-refractivity contribution in [3.8, 4) is 0 Å². The van der Waals surface area contributed by atoms with E-state index in [9.17, 15) is 19.2 Å². The number of carbonyl (C=O) groups excluding carboxylic acids is 4. The summed E-state index contributed by atoms with van der Waals surface area (Å²) in [4.78, 5) is 49.5. The summed E-state index contributed by atoms with van der Waals surface area (Å²) in [6.07, 6.45) is -1.07. The zero-order chi connectivity index (χ0) is 24.6. The monoisotopic (exact) mass is 444 g/mol. The molecule has 0 fully saturated rings. The topological polar surface area (TPSA) is 120 Å². The Bertz CT molecular complexity index is 577. The molecule has 0 aliphatic rings. The first-order chi connectivity index (χ1) is 13.9. The number of alkyl carbamates (subject to hydrolysis) is 2. The van der Waals surface area contributed by atoms with E-state index in [2.05, 4.69) is 10.6 Å². The van der Waals surface area contributed by atoms with Gasteiger partial charge in [-0.15, -0.1) is 0 Å². The third-order valence-electron chi connectivity index (χ3n) is 3.57. The molecule has 2 N–H and O–H groups in total. The Balaban J connectivity index is 5.28. The van der Waals surface area contributed by atoms with Crippen LogP contribution in [0.1, 0.15) is 82.1 Å². The second-order valence-electron chi connectivity index (χ2n) is 10.4. The van der Waals surface area contributed by atoms with E-state index in [1.165, 1.54) is 0 Å². The highest BCUT2D eigenvalue weighted by atomic mass is 16.6. The van der Waals surface area contributed by atoms with Gasteiger partial charge in [0.25, 0.3) is 0 Å². The lowest BCUT2D eigenvalue weighted by Crippen LogP contribution is -2.49. The second kappa shape index (κ2) is 11.9. The van der Waals surface area contributed by atoms with E-state index < -0.39 is 47.4 Å². The summed E-state index contributed by atoms with van der Waals surface area (Å²) in [5.74, 6) is -1.75. The molecule has 9 nitrogen and oxygen atoms in total. The van der Waals surface area contributed by atoms with Crippen molar-refractivity contribution in [3.05, 3.63) is 0 Å². The predicted molar refractivity (Wildman–Crippen MR) is 116 cm³/mol. The number of hydrogen-bond acceptors (Lipinski definition) is 7. The summed E-state index contributed by atoms with van der Waals surface area (Å²) in [7, 11) is 0. The van der Waals surface area contributed by atoms with Crippen molar-refractivity contribution in [2.24, 2.45) is 11.8 Å². The van der Waals surface area contributed by atoms with Gasteiger partial charge in [0.1, 0.15) is 23.3 Å². The van der Waals surface area contributed by atoms with Crippen LogP contribution >= 0.6 is 0 Å². The maximum atomic E-state index is 12.6. The first-order valence-electron chi connectivity index (χ1n) is 10.6. The van der Waals surface area contributed by atoms with Gasteiger partial charge in [0.15, 0.2) is 0 Å². The molecule has 2 atom stereocenters. The van der Waals surface area contributed by atoms with Crippen molar-refractivity contribution in [1.29, 1.82) is 0 Å². The Morgan fingerprint density at radius 3 is 1.16 bits per heavy atom. The number of hydrogen-bond donors (Lipinski definition) is 2. The minimum Gasteiger partial charge on any atom is -0.444 e. The maximum Gasteiger partial charge on any atom is 0.408 e. The van der Waals surface area contributed by atoms with Crippen molar-refractivity contribution in [2.45, 2.75) is 105 Å². The molecule has 9 heteroatoms. The zero-order valence-corrected chi connectivity index (χ0v) is 20.6. The Labute approximate surface area is 185 Å². The molecule has 0 rings (SSSR count). The lowest BCUT2D eigenvalue weighted by molar-refractivity contribution is -0.163. The average Bonchev–Trinajstić information content (AvgIpc) is 2.48. The molecule has 0 aliphatic heterocycles. The van der Waals surface area contributed by atoms with Crippen LogP contribution in [-0.2, 0) is 23.8 Å². The van der Waals surface area contributed by atoms with Gasteiger partial charge < -0.3 is 24.8 Å². The number of nitrogens with one attached hydrogen (secondary N) is 2. The van der Waals surface area contributed by atoms with Crippen molar-refractivity contribution in [1.82, 2.24) is 10.6 Å². The molecule has 0 heterocycles. The Kier molecular flexibility index (Phi) is 11.0. The highest BCUT2D eigenvalue weighted by molar-refractivity contribution is 5.93. The quantitative estimate of drug-likeness (QED) is 0.330. The van der Waals surface area contributed by atoms with Gasteiger partial charge in [0.05, 0.1) is 0 Å². The van der Waals surface area contributed by atoms with Crippen LogP contribution in [-0.4, -0.2) is 47.4 Å². The SMILES string of the molecule is CC(C)CC(NC(=O)OC(C)(C)C)C(=O)OC(=O)C(CC(C)C)NC(=O)OC(C)(C)C. The summed E-state index contributed by atoms with van der Waals surface area (Å²) in [5, 5.41) is 4.92. The van der Waals surface area contributed by atoms with Crippen LogP contribution in [0.3, 0.4) is 0 Å². The van der Waals surface area contributed by atoms with E-state index in [0.717, 1.165) is 0 Å². The van der Waals surface area contributed by atoms with Crippen molar-refractivity contribution < 1.29 is 33.4 Å². The predicted octanol–water partition coefficient (Wildman–Crippen LogP) is 3.94. The Morgan fingerprint density at radius 1 is 0.645 bits per heavy atom. The van der Waals surface area contributed by atoms with Crippen LogP contribution in [0.5, 0.6) is 0 Å². The molecule has 31 heavy (non-hydrogen) atoms. The summed E-state index contributed by atoms with van der Waals surface area (Å²) in [5.41, 5.74) is -1.49. The van der Waals surface area contributed by atoms with Crippen molar-refractivity contribution in [3.63, 3.8) is 0 Å². The lowest BCUT2D eigenvalue weighted by Gasteiger charge is -2.25. The fraction of sp³-hybridized carbons (Fsp3) is 0.818. The summed E-state index contributed by atoms with van der Waals surface area (Å²) < 4.78 is 15.4. The van der Waals surface area contributed by atoms with Crippen LogP contribution < -0.4 is 10.6 Å². The van der Waals surface area contributed by atoms with Crippen LogP contribution in [0.25, 0.3) is 0 Å². The minimum absolute atomic E-state index is 0.0361. The van der Waals surface area contributed by atoms with Crippen LogP contribution in [0, 0.1) is 11.8 Å². The van der Waals surface area contributed by atoms with Crippen molar-refractivity contribution >= 4 is 24.1 Å². The third kappa shape index (κ3) is 14.3. The van der Waals surface area contributed by atoms with Crippen molar-refractivity contribution in [2.75, 3.05) is 0 Å². The largest absolute Gasteiger partial charge is 0.444 e. The molecule has 0 radical (unpaired) electrons. The molecule has 0 aromatic carbocycles. The molecule has 0 saturated carbocycles. The fourth-order valence-corrected chi connectivity index (χ4v) is 2.51. The molecule has 180 valence electrons. The zero-order valence-electron chi connectivity index (χ0n) is 20.6. The van der Waals surface area contributed by atoms with Gasteiger partial charge in [0, 0.05) is 0 Å². The first-order valence-corrected chi connectivity index (χ1v) is 10.6. The summed E-state index contributed by atoms with van der Waals surface area (Å²) >= 11 is 0. The van der Waals surface area contributed by atoms with Gasteiger partial charge in [0.2, 0.25) is 0 Å².